The molecule has 2 saturated heterocycles. The summed E-state index contributed by atoms with van der Waals surface area (Å²) in [7, 11) is 1.56. The average Bonchev–Trinajstić information content (AvgIpc) is 3.29. The number of piperidine rings is 1. The van der Waals surface area contributed by atoms with Crippen LogP contribution in [0.1, 0.15) is 38.2 Å². The number of nitrogens with one attached hydrogen (secondary N) is 1. The minimum atomic E-state index is -0.173. The minimum absolute atomic E-state index is 0.00844. The molecule has 6 rings (SSSR count). The third kappa shape index (κ3) is 1.23. The summed E-state index contributed by atoms with van der Waals surface area (Å²) in [6.07, 6.45) is 4.69. The molecule has 132 valence electrons. The first kappa shape index (κ1) is 14.6. The van der Waals surface area contributed by atoms with Crippen LogP contribution in [0.15, 0.2) is 24.3 Å². The maximum absolute atomic E-state index is 12.9. The van der Waals surface area contributed by atoms with Crippen LogP contribution in [0.5, 0.6) is 0 Å². The average molecular weight is 338 g/mol. The van der Waals surface area contributed by atoms with Crippen LogP contribution in [-0.2, 0) is 14.9 Å². The second-order valence-corrected chi connectivity index (χ2v) is 9.04. The lowest BCUT2D eigenvalue weighted by molar-refractivity contribution is -0.150. The molecule has 2 aliphatic carbocycles. The smallest absolute Gasteiger partial charge is 0.311 e. The van der Waals surface area contributed by atoms with Crippen molar-refractivity contribution < 1.29 is 9.53 Å². The van der Waals surface area contributed by atoms with E-state index in [0.717, 1.165) is 6.42 Å². The van der Waals surface area contributed by atoms with E-state index in [1.165, 1.54) is 43.6 Å². The number of carbonyl (C=O) groups is 1. The number of hydrogen-bond donors (Lipinski definition) is 1. The number of carbonyl (C=O) groups excluding carboxylic acids is 1. The zero-order valence-corrected chi connectivity index (χ0v) is 15.0. The van der Waals surface area contributed by atoms with E-state index in [-0.39, 0.29) is 28.3 Å². The monoisotopic (exact) mass is 338 g/mol. The highest BCUT2D eigenvalue weighted by molar-refractivity contribution is 5.82. The molecule has 3 spiro atoms. The Bertz CT molecular complexity index is 794. The molecule has 0 amide bonds. The quantitative estimate of drug-likeness (QED) is 0.800. The van der Waals surface area contributed by atoms with E-state index >= 15 is 0 Å². The number of para-hydroxylation sites is 1. The fourth-order valence-electron chi connectivity index (χ4n) is 8.44. The summed E-state index contributed by atoms with van der Waals surface area (Å²) in [5.74, 6) is 0.449. The molecule has 2 saturated carbocycles. The van der Waals surface area contributed by atoms with Crippen LogP contribution in [0.3, 0.4) is 0 Å². The van der Waals surface area contributed by atoms with Gasteiger partial charge in [0.05, 0.1) is 18.6 Å². The Labute approximate surface area is 148 Å². The predicted molar refractivity (Wildman–Crippen MR) is 95.4 cm³/mol. The summed E-state index contributed by atoms with van der Waals surface area (Å²) in [6.45, 7) is 4.82. The first-order valence-electron chi connectivity index (χ1n) is 9.81. The normalized spacial score (nSPS) is 48.6. The molecule has 6 atom stereocenters. The van der Waals surface area contributed by atoms with Crippen molar-refractivity contribution in [1.82, 2.24) is 4.90 Å². The first-order chi connectivity index (χ1) is 12.1. The molecule has 2 bridgehead atoms. The van der Waals surface area contributed by atoms with Gasteiger partial charge in [-0.2, -0.15) is 0 Å². The molecule has 4 fully saturated rings. The number of fused-ring (bicyclic) bond motifs is 1. The van der Waals surface area contributed by atoms with E-state index in [1.54, 1.807) is 7.11 Å². The molecule has 25 heavy (non-hydrogen) atoms. The fourth-order valence-corrected chi connectivity index (χ4v) is 8.44. The summed E-state index contributed by atoms with van der Waals surface area (Å²) in [6, 6.07) is 9.42. The van der Waals surface area contributed by atoms with Crippen molar-refractivity contribution in [2.75, 3.05) is 25.5 Å². The number of methoxy groups -OCH3 is 1. The van der Waals surface area contributed by atoms with E-state index in [2.05, 4.69) is 41.4 Å². The molecule has 3 heterocycles. The van der Waals surface area contributed by atoms with Crippen molar-refractivity contribution >= 4 is 11.7 Å². The van der Waals surface area contributed by atoms with Gasteiger partial charge in [0.1, 0.15) is 0 Å². The largest absolute Gasteiger partial charge is 0.469 e. The van der Waals surface area contributed by atoms with Gasteiger partial charge in [-0.1, -0.05) is 25.1 Å². The number of rotatable bonds is 1. The van der Waals surface area contributed by atoms with Crippen molar-refractivity contribution in [3.63, 3.8) is 0 Å². The zero-order chi connectivity index (χ0) is 17.0. The number of benzene rings is 1. The van der Waals surface area contributed by atoms with Gasteiger partial charge in [-0.3, -0.25) is 9.69 Å². The van der Waals surface area contributed by atoms with Gasteiger partial charge in [-0.05, 0) is 61.7 Å². The first-order valence-corrected chi connectivity index (χ1v) is 9.81. The lowest BCUT2D eigenvalue weighted by Crippen LogP contribution is -2.63. The van der Waals surface area contributed by atoms with Crippen LogP contribution in [0.2, 0.25) is 0 Å². The maximum Gasteiger partial charge on any atom is 0.311 e. The third-order valence-electron chi connectivity index (χ3n) is 8.91. The summed E-state index contributed by atoms with van der Waals surface area (Å²) < 4.78 is 5.32. The standard InChI is InChI=1S/C21H26N2O2/c1-13-19-8-5-10-23-11-9-20(18(19)23)14-6-3-4-7-16(14)22-21(13,20)15(12-19)17(24)25-2/h3-4,6-7,13,15,18,22H,5,8-12H2,1-2H3/t13-,15+,18+,19+,20-,21-/m1/s1. The van der Waals surface area contributed by atoms with Gasteiger partial charge in [-0.15, -0.1) is 0 Å². The molecule has 0 unspecified atom stereocenters. The highest BCUT2D eigenvalue weighted by Gasteiger charge is 2.86. The van der Waals surface area contributed by atoms with Gasteiger partial charge < -0.3 is 10.1 Å². The topological polar surface area (TPSA) is 41.6 Å². The number of nitrogens with zero attached hydrogens (tertiary/aromatic N) is 1. The number of ether oxygens (including phenoxy) is 1. The molecular weight excluding hydrogens is 312 g/mol. The van der Waals surface area contributed by atoms with Crippen molar-refractivity contribution in [3.8, 4) is 0 Å². The number of esters is 1. The zero-order valence-electron chi connectivity index (χ0n) is 15.0. The number of hydrogen-bond acceptors (Lipinski definition) is 4. The lowest BCUT2D eigenvalue weighted by atomic mass is 9.56. The van der Waals surface area contributed by atoms with Crippen molar-refractivity contribution in [2.45, 2.75) is 49.6 Å². The van der Waals surface area contributed by atoms with Crippen LogP contribution in [-0.4, -0.2) is 42.6 Å². The van der Waals surface area contributed by atoms with Crippen molar-refractivity contribution in [1.29, 1.82) is 0 Å². The third-order valence-corrected chi connectivity index (χ3v) is 8.91. The minimum Gasteiger partial charge on any atom is -0.469 e. The van der Waals surface area contributed by atoms with E-state index < -0.39 is 0 Å². The molecule has 1 aromatic rings. The summed E-state index contributed by atoms with van der Waals surface area (Å²) >= 11 is 0. The van der Waals surface area contributed by atoms with Gasteiger partial charge >= 0.3 is 5.97 Å². The fraction of sp³-hybridized carbons (Fsp3) is 0.667. The van der Waals surface area contributed by atoms with E-state index in [0.29, 0.717) is 12.0 Å². The van der Waals surface area contributed by atoms with Crippen LogP contribution in [0.25, 0.3) is 0 Å². The molecule has 1 N–H and O–H groups in total. The Balaban J connectivity index is 1.67. The van der Waals surface area contributed by atoms with E-state index in [4.69, 9.17) is 4.74 Å². The molecular formula is C21H26N2O2. The van der Waals surface area contributed by atoms with Crippen LogP contribution < -0.4 is 5.32 Å². The van der Waals surface area contributed by atoms with Crippen LogP contribution >= 0.6 is 0 Å². The van der Waals surface area contributed by atoms with E-state index in [1.807, 2.05) is 0 Å². The van der Waals surface area contributed by atoms with Gasteiger partial charge in [0, 0.05) is 17.1 Å². The molecule has 0 radical (unpaired) electrons. The van der Waals surface area contributed by atoms with Gasteiger partial charge in [0.2, 0.25) is 0 Å². The Morgan fingerprint density at radius 2 is 2.12 bits per heavy atom. The van der Waals surface area contributed by atoms with Crippen LogP contribution in [0, 0.1) is 17.3 Å². The Kier molecular flexibility index (Phi) is 2.47. The van der Waals surface area contributed by atoms with Gasteiger partial charge in [-0.25, -0.2) is 0 Å². The second kappa shape index (κ2) is 4.22. The molecule has 0 aromatic heterocycles. The summed E-state index contributed by atoms with van der Waals surface area (Å²) in [5.41, 5.74) is 2.88. The van der Waals surface area contributed by atoms with Gasteiger partial charge in [0.15, 0.2) is 0 Å². The van der Waals surface area contributed by atoms with E-state index in [9.17, 15) is 4.79 Å². The van der Waals surface area contributed by atoms with Crippen molar-refractivity contribution in [2.24, 2.45) is 17.3 Å². The Morgan fingerprint density at radius 3 is 2.96 bits per heavy atom. The van der Waals surface area contributed by atoms with Crippen molar-refractivity contribution in [3.05, 3.63) is 29.8 Å². The Hall–Kier alpha value is -1.55. The molecule has 3 aliphatic heterocycles. The highest BCUT2D eigenvalue weighted by atomic mass is 16.5. The molecule has 5 aliphatic rings. The SMILES string of the molecule is COC(=O)[C@@H]1C[C@@]23CCCN4CC[C@@]5(c6ccccc6N[C@]15[C@@H]2C)[C@@H]43. The molecule has 4 nitrogen and oxygen atoms in total. The lowest BCUT2D eigenvalue weighted by Gasteiger charge is -2.52. The highest BCUT2D eigenvalue weighted by Crippen LogP contribution is 2.79. The van der Waals surface area contributed by atoms with Gasteiger partial charge in [0.25, 0.3) is 0 Å². The summed E-state index contributed by atoms with van der Waals surface area (Å²) in [5, 5.41) is 3.96. The molecule has 4 heteroatoms. The predicted octanol–water partition coefficient (Wildman–Crippen LogP) is 2.79. The Morgan fingerprint density at radius 1 is 1.28 bits per heavy atom. The van der Waals surface area contributed by atoms with Crippen LogP contribution in [0.4, 0.5) is 5.69 Å². The maximum atomic E-state index is 12.9. The number of anilines is 1. The summed E-state index contributed by atoms with van der Waals surface area (Å²) in [4.78, 5) is 15.7. The molecule has 1 aromatic carbocycles. The second-order valence-electron chi connectivity index (χ2n) is 9.04.